The molecule has 0 aliphatic heterocycles. The lowest BCUT2D eigenvalue weighted by Gasteiger charge is -2.10. The van der Waals surface area contributed by atoms with Gasteiger partial charge in [-0.15, -0.1) is 0 Å². The van der Waals surface area contributed by atoms with Crippen molar-refractivity contribution < 1.29 is 17.9 Å². The van der Waals surface area contributed by atoms with Gasteiger partial charge in [0.2, 0.25) is 10.0 Å². The van der Waals surface area contributed by atoms with Crippen LogP contribution in [0.3, 0.4) is 0 Å². The summed E-state index contributed by atoms with van der Waals surface area (Å²) < 4.78 is 32.0. The van der Waals surface area contributed by atoms with Crippen LogP contribution in [0, 0.1) is 6.92 Å². The first-order valence-electron chi connectivity index (χ1n) is 9.28. The first kappa shape index (κ1) is 21.5. The zero-order valence-corrected chi connectivity index (χ0v) is 17.7. The Morgan fingerprint density at radius 3 is 2.57 bits per heavy atom. The van der Waals surface area contributed by atoms with Crippen molar-refractivity contribution in [2.45, 2.75) is 25.3 Å². The smallest absolute Gasteiger partial charge is 0.251 e. The first-order chi connectivity index (χ1) is 14.3. The van der Waals surface area contributed by atoms with Gasteiger partial charge < -0.3 is 10.1 Å². The summed E-state index contributed by atoms with van der Waals surface area (Å²) >= 11 is 0. The summed E-state index contributed by atoms with van der Waals surface area (Å²) in [5, 5.41) is 9.70. The average Bonchev–Trinajstić information content (AvgIpc) is 3.21. The summed E-state index contributed by atoms with van der Waals surface area (Å²) in [7, 11) is -2.06. The molecule has 1 amide bonds. The van der Waals surface area contributed by atoms with Crippen molar-refractivity contribution in [3.05, 3.63) is 59.4 Å². The molecule has 0 spiro atoms. The number of nitrogens with one attached hydrogen (secondary N) is 3. The van der Waals surface area contributed by atoms with E-state index in [9.17, 15) is 13.2 Å². The summed E-state index contributed by atoms with van der Waals surface area (Å²) in [4.78, 5) is 17.0. The Balaban J connectivity index is 1.71. The van der Waals surface area contributed by atoms with E-state index in [1.165, 1.54) is 12.1 Å². The van der Waals surface area contributed by atoms with Gasteiger partial charge in [0.1, 0.15) is 11.6 Å². The van der Waals surface area contributed by atoms with Crippen molar-refractivity contribution in [3.63, 3.8) is 0 Å². The number of rotatable bonds is 8. The molecule has 1 aromatic heterocycles. The highest BCUT2D eigenvalue weighted by molar-refractivity contribution is 7.89. The molecule has 0 saturated carbocycles. The fraction of sp³-hybridized carbons (Fsp3) is 0.250. The Morgan fingerprint density at radius 2 is 1.90 bits per heavy atom. The fourth-order valence-electron chi connectivity index (χ4n) is 2.79. The molecule has 3 N–H and O–H groups in total. The standard InChI is InChI=1S/C20H23N5O4S/c1-4-22-30(27,28)16-10-5-13(2)17(11-16)20(26)21-12-18-23-19(25-24-18)14-6-8-15(29-3)9-7-14/h5-11,22H,4,12H2,1-3H3,(H,21,26)(H,23,24,25). The van der Waals surface area contributed by atoms with Crippen LogP contribution in [0.2, 0.25) is 0 Å². The maximum atomic E-state index is 12.6. The van der Waals surface area contributed by atoms with E-state index in [2.05, 4.69) is 25.2 Å². The maximum Gasteiger partial charge on any atom is 0.251 e. The minimum atomic E-state index is -3.65. The van der Waals surface area contributed by atoms with E-state index in [1.807, 2.05) is 24.3 Å². The Labute approximate surface area is 174 Å². The molecule has 0 radical (unpaired) electrons. The number of methoxy groups -OCH3 is 1. The van der Waals surface area contributed by atoms with Crippen molar-refractivity contribution in [2.75, 3.05) is 13.7 Å². The molecule has 2 aromatic carbocycles. The van der Waals surface area contributed by atoms with Crippen LogP contribution in [0.1, 0.15) is 28.7 Å². The van der Waals surface area contributed by atoms with Crippen molar-refractivity contribution in [1.82, 2.24) is 25.2 Å². The predicted molar refractivity (Wildman–Crippen MR) is 112 cm³/mol. The second-order valence-corrected chi connectivity index (χ2v) is 8.26. The summed E-state index contributed by atoms with van der Waals surface area (Å²) in [6, 6.07) is 11.7. The molecule has 0 unspecified atom stereocenters. The van der Waals surface area contributed by atoms with E-state index in [0.717, 1.165) is 11.3 Å². The second kappa shape index (κ2) is 9.06. The highest BCUT2D eigenvalue weighted by atomic mass is 32.2. The van der Waals surface area contributed by atoms with Crippen LogP contribution in [-0.2, 0) is 16.6 Å². The predicted octanol–water partition coefficient (Wildman–Crippen LogP) is 2.02. The highest BCUT2D eigenvalue weighted by Gasteiger charge is 2.17. The number of H-pyrrole nitrogens is 1. The van der Waals surface area contributed by atoms with Crippen LogP contribution >= 0.6 is 0 Å². The number of carbonyl (C=O) groups excluding carboxylic acids is 1. The summed E-state index contributed by atoms with van der Waals surface area (Å²) in [5.41, 5.74) is 1.75. The zero-order chi connectivity index (χ0) is 21.7. The summed E-state index contributed by atoms with van der Waals surface area (Å²) in [6.45, 7) is 3.82. The van der Waals surface area contributed by atoms with Crippen LogP contribution < -0.4 is 14.8 Å². The number of hydrogen-bond donors (Lipinski definition) is 3. The number of ether oxygens (including phenoxy) is 1. The minimum absolute atomic E-state index is 0.0431. The lowest BCUT2D eigenvalue weighted by Crippen LogP contribution is -2.26. The molecular formula is C20H23N5O4S. The Hall–Kier alpha value is -3.24. The number of carbonyl (C=O) groups is 1. The van der Waals surface area contributed by atoms with Crippen LogP contribution in [0.15, 0.2) is 47.4 Å². The third-order valence-electron chi connectivity index (χ3n) is 4.39. The Bertz CT molecular complexity index is 1140. The molecule has 30 heavy (non-hydrogen) atoms. The molecule has 3 rings (SSSR count). The highest BCUT2D eigenvalue weighted by Crippen LogP contribution is 2.19. The van der Waals surface area contributed by atoms with E-state index >= 15 is 0 Å². The van der Waals surface area contributed by atoms with Crippen LogP contribution in [-0.4, -0.2) is 43.2 Å². The minimum Gasteiger partial charge on any atom is -0.497 e. The number of aromatic nitrogens is 3. The van der Waals surface area contributed by atoms with Crippen molar-refractivity contribution >= 4 is 15.9 Å². The molecular weight excluding hydrogens is 406 g/mol. The van der Waals surface area contributed by atoms with E-state index in [-0.39, 0.29) is 23.5 Å². The topological polar surface area (TPSA) is 126 Å². The molecule has 158 valence electrons. The molecule has 10 heteroatoms. The maximum absolute atomic E-state index is 12.6. The molecule has 1 heterocycles. The molecule has 0 aliphatic carbocycles. The van der Waals surface area contributed by atoms with Gasteiger partial charge in [-0.1, -0.05) is 13.0 Å². The molecule has 0 saturated heterocycles. The molecule has 9 nitrogen and oxygen atoms in total. The number of nitrogens with zero attached hydrogens (tertiary/aromatic N) is 2. The van der Waals surface area contributed by atoms with Gasteiger partial charge in [0.25, 0.3) is 5.91 Å². The Morgan fingerprint density at radius 1 is 1.17 bits per heavy atom. The second-order valence-electron chi connectivity index (χ2n) is 6.49. The zero-order valence-electron chi connectivity index (χ0n) is 16.9. The van der Waals surface area contributed by atoms with Crippen LogP contribution in [0.4, 0.5) is 0 Å². The van der Waals surface area contributed by atoms with E-state index in [4.69, 9.17) is 4.74 Å². The average molecular weight is 430 g/mol. The van der Waals surface area contributed by atoms with E-state index in [1.54, 1.807) is 27.0 Å². The number of amides is 1. The van der Waals surface area contributed by atoms with Crippen LogP contribution in [0.5, 0.6) is 5.75 Å². The van der Waals surface area contributed by atoms with Crippen molar-refractivity contribution in [3.8, 4) is 17.1 Å². The lowest BCUT2D eigenvalue weighted by atomic mass is 10.1. The van der Waals surface area contributed by atoms with E-state index < -0.39 is 15.9 Å². The number of aryl methyl sites for hydroxylation is 1. The number of aromatic amines is 1. The van der Waals surface area contributed by atoms with Crippen LogP contribution in [0.25, 0.3) is 11.4 Å². The molecule has 0 atom stereocenters. The third-order valence-corrected chi connectivity index (χ3v) is 5.94. The SMILES string of the molecule is CCNS(=O)(=O)c1ccc(C)c(C(=O)NCc2nc(-c3ccc(OC)cc3)n[nH]2)c1. The Kier molecular flexibility index (Phi) is 6.48. The monoisotopic (exact) mass is 429 g/mol. The van der Waals surface area contributed by atoms with Gasteiger partial charge in [-0.2, -0.15) is 5.10 Å². The van der Waals surface area contributed by atoms with Crippen molar-refractivity contribution in [1.29, 1.82) is 0 Å². The summed E-state index contributed by atoms with van der Waals surface area (Å²) in [6.07, 6.45) is 0. The molecule has 0 fully saturated rings. The number of hydrogen-bond acceptors (Lipinski definition) is 6. The fourth-order valence-corrected chi connectivity index (χ4v) is 3.86. The van der Waals surface area contributed by atoms with Gasteiger partial charge in [-0.05, 0) is 48.9 Å². The summed E-state index contributed by atoms with van der Waals surface area (Å²) in [5.74, 6) is 1.30. The molecule has 3 aromatic rings. The van der Waals surface area contributed by atoms with Gasteiger partial charge in [0.15, 0.2) is 5.82 Å². The molecule has 0 aliphatic rings. The van der Waals surface area contributed by atoms with Gasteiger partial charge in [-0.25, -0.2) is 18.1 Å². The third kappa shape index (κ3) is 4.84. The van der Waals surface area contributed by atoms with Gasteiger partial charge in [0, 0.05) is 17.7 Å². The lowest BCUT2D eigenvalue weighted by molar-refractivity contribution is 0.0949. The van der Waals surface area contributed by atoms with Gasteiger partial charge in [-0.3, -0.25) is 9.89 Å². The first-order valence-corrected chi connectivity index (χ1v) is 10.8. The molecule has 0 bridgehead atoms. The largest absolute Gasteiger partial charge is 0.497 e. The van der Waals surface area contributed by atoms with Crippen molar-refractivity contribution in [2.24, 2.45) is 0 Å². The van der Waals surface area contributed by atoms with Gasteiger partial charge >= 0.3 is 0 Å². The normalized spacial score (nSPS) is 11.3. The number of benzene rings is 2. The van der Waals surface area contributed by atoms with E-state index in [0.29, 0.717) is 17.2 Å². The quantitative estimate of drug-likeness (QED) is 0.503. The number of sulfonamides is 1. The van der Waals surface area contributed by atoms with Gasteiger partial charge in [0.05, 0.1) is 18.6 Å².